The number of fused-ring (bicyclic) bond motifs is 3. The van der Waals surface area contributed by atoms with Crippen molar-refractivity contribution < 1.29 is 0 Å². The summed E-state index contributed by atoms with van der Waals surface area (Å²) in [7, 11) is 0. The lowest BCUT2D eigenvalue weighted by Crippen LogP contribution is -2.00. The van der Waals surface area contributed by atoms with Gasteiger partial charge >= 0.3 is 0 Å². The number of hydrogen-bond donors (Lipinski definition) is 1. The van der Waals surface area contributed by atoms with Crippen LogP contribution in [0, 0.1) is 0 Å². The molecular formula is C27H18N4. The predicted molar refractivity (Wildman–Crippen MR) is 125 cm³/mol. The van der Waals surface area contributed by atoms with Gasteiger partial charge in [0.25, 0.3) is 0 Å². The van der Waals surface area contributed by atoms with Crippen LogP contribution in [0.3, 0.4) is 0 Å². The molecule has 6 rings (SSSR count). The highest BCUT2D eigenvalue weighted by Gasteiger charge is 2.13. The highest BCUT2D eigenvalue weighted by molar-refractivity contribution is 6.08. The number of nitrogens with zero attached hydrogens (tertiary/aromatic N) is 3. The molecule has 0 amide bonds. The number of hydrogen-bond acceptors (Lipinski definition) is 3. The lowest BCUT2D eigenvalue weighted by Gasteiger charge is -2.08. The first-order valence-electron chi connectivity index (χ1n) is 10.2. The van der Waals surface area contributed by atoms with Crippen LogP contribution in [-0.4, -0.2) is 19.9 Å². The lowest BCUT2D eigenvalue weighted by molar-refractivity contribution is 1.07. The van der Waals surface area contributed by atoms with Crippen LogP contribution >= 0.6 is 0 Å². The molecule has 0 aliphatic carbocycles. The Balaban J connectivity index is 1.56. The van der Waals surface area contributed by atoms with Gasteiger partial charge in [-0.3, -0.25) is 0 Å². The Kier molecular flexibility index (Phi) is 4.06. The van der Waals surface area contributed by atoms with Crippen molar-refractivity contribution in [2.75, 3.05) is 0 Å². The molecule has 6 aromatic rings. The molecule has 2 aromatic heterocycles. The van der Waals surface area contributed by atoms with Crippen molar-refractivity contribution in [1.82, 2.24) is 19.9 Å². The fourth-order valence-electron chi connectivity index (χ4n) is 3.93. The van der Waals surface area contributed by atoms with Gasteiger partial charge in [0.1, 0.15) is 0 Å². The molecule has 4 heteroatoms. The average Bonchev–Trinajstić information content (AvgIpc) is 3.23. The Labute approximate surface area is 179 Å². The summed E-state index contributed by atoms with van der Waals surface area (Å²) >= 11 is 0. The normalized spacial score (nSPS) is 11.2. The fourth-order valence-corrected chi connectivity index (χ4v) is 3.93. The van der Waals surface area contributed by atoms with E-state index < -0.39 is 0 Å². The monoisotopic (exact) mass is 398 g/mol. The van der Waals surface area contributed by atoms with Crippen LogP contribution in [0.2, 0.25) is 0 Å². The topological polar surface area (TPSA) is 54.5 Å². The molecule has 0 aliphatic rings. The summed E-state index contributed by atoms with van der Waals surface area (Å²) in [6, 6.07) is 34.7. The third-order valence-electron chi connectivity index (χ3n) is 5.46. The molecule has 0 aliphatic heterocycles. The minimum absolute atomic E-state index is 0.660. The standard InChI is InChI=1S/C27H18N4/c1-3-9-18(10-4-1)25-29-26(19-11-5-2-6-12-19)31-27(30-25)20-15-16-22-21-13-7-8-14-23(21)28-24(22)17-20/h1-17,28H. The minimum atomic E-state index is 0.660. The molecule has 0 fully saturated rings. The Hall–Kier alpha value is -4.31. The molecule has 0 atom stereocenters. The van der Waals surface area contributed by atoms with Crippen molar-refractivity contribution in [3.05, 3.63) is 103 Å². The van der Waals surface area contributed by atoms with E-state index >= 15 is 0 Å². The van der Waals surface area contributed by atoms with Crippen LogP contribution in [0.1, 0.15) is 0 Å². The van der Waals surface area contributed by atoms with Gasteiger partial charge in [-0.15, -0.1) is 0 Å². The Morgan fingerprint density at radius 2 is 0.935 bits per heavy atom. The Morgan fingerprint density at radius 1 is 0.419 bits per heavy atom. The number of aromatic amines is 1. The summed E-state index contributed by atoms with van der Waals surface area (Å²) in [5.41, 5.74) is 5.09. The molecule has 0 spiro atoms. The van der Waals surface area contributed by atoms with Gasteiger partial charge in [-0.1, -0.05) is 91.0 Å². The summed E-state index contributed by atoms with van der Waals surface area (Å²) in [6.07, 6.45) is 0. The second-order valence-corrected chi connectivity index (χ2v) is 7.47. The maximum atomic E-state index is 4.82. The van der Waals surface area contributed by atoms with E-state index in [4.69, 9.17) is 15.0 Å². The van der Waals surface area contributed by atoms with Crippen molar-refractivity contribution in [3.8, 4) is 34.2 Å². The van der Waals surface area contributed by atoms with E-state index in [1.807, 2.05) is 66.7 Å². The van der Waals surface area contributed by atoms with Gasteiger partial charge in [0.05, 0.1) is 0 Å². The third-order valence-corrected chi connectivity index (χ3v) is 5.46. The van der Waals surface area contributed by atoms with Crippen LogP contribution < -0.4 is 0 Å². The van der Waals surface area contributed by atoms with E-state index in [-0.39, 0.29) is 0 Å². The second-order valence-electron chi connectivity index (χ2n) is 7.47. The zero-order valence-corrected chi connectivity index (χ0v) is 16.7. The Bertz CT molecular complexity index is 1460. The van der Waals surface area contributed by atoms with Gasteiger partial charge in [0.15, 0.2) is 17.5 Å². The quantitative estimate of drug-likeness (QED) is 0.370. The van der Waals surface area contributed by atoms with Crippen LogP contribution in [0.15, 0.2) is 103 Å². The van der Waals surface area contributed by atoms with Crippen LogP contribution in [0.4, 0.5) is 0 Å². The first-order chi connectivity index (χ1) is 15.3. The van der Waals surface area contributed by atoms with Gasteiger partial charge < -0.3 is 4.98 Å². The van der Waals surface area contributed by atoms with Gasteiger partial charge in [0, 0.05) is 38.5 Å². The third kappa shape index (κ3) is 3.15. The van der Waals surface area contributed by atoms with E-state index in [1.165, 1.54) is 10.8 Å². The molecule has 0 saturated heterocycles. The average molecular weight is 398 g/mol. The molecule has 31 heavy (non-hydrogen) atoms. The first-order valence-corrected chi connectivity index (χ1v) is 10.2. The van der Waals surface area contributed by atoms with Gasteiger partial charge in [-0.2, -0.15) is 0 Å². The van der Waals surface area contributed by atoms with Gasteiger partial charge in [0.2, 0.25) is 0 Å². The second kappa shape index (κ2) is 7.18. The molecule has 146 valence electrons. The summed E-state index contributed by atoms with van der Waals surface area (Å²) in [6.45, 7) is 0. The molecular weight excluding hydrogens is 380 g/mol. The van der Waals surface area contributed by atoms with Gasteiger partial charge in [-0.05, 0) is 12.1 Å². The molecule has 2 heterocycles. The van der Waals surface area contributed by atoms with Crippen molar-refractivity contribution in [2.24, 2.45) is 0 Å². The van der Waals surface area contributed by atoms with E-state index in [0.717, 1.165) is 27.7 Å². The lowest BCUT2D eigenvalue weighted by atomic mass is 10.1. The maximum absolute atomic E-state index is 4.82. The number of benzene rings is 4. The molecule has 0 unspecified atom stereocenters. The van der Waals surface area contributed by atoms with E-state index in [1.54, 1.807) is 0 Å². The van der Waals surface area contributed by atoms with Crippen LogP contribution in [0.25, 0.3) is 56.0 Å². The number of aromatic nitrogens is 4. The molecule has 4 aromatic carbocycles. The van der Waals surface area contributed by atoms with Crippen molar-refractivity contribution in [2.45, 2.75) is 0 Å². The van der Waals surface area contributed by atoms with Crippen molar-refractivity contribution in [1.29, 1.82) is 0 Å². The molecule has 0 radical (unpaired) electrons. The van der Waals surface area contributed by atoms with E-state index in [2.05, 4.69) is 41.4 Å². The summed E-state index contributed by atoms with van der Waals surface area (Å²) in [4.78, 5) is 17.9. The summed E-state index contributed by atoms with van der Waals surface area (Å²) < 4.78 is 0. The summed E-state index contributed by atoms with van der Waals surface area (Å²) in [5, 5.41) is 2.41. The van der Waals surface area contributed by atoms with E-state index in [9.17, 15) is 0 Å². The van der Waals surface area contributed by atoms with Crippen LogP contribution in [0.5, 0.6) is 0 Å². The Morgan fingerprint density at radius 3 is 1.58 bits per heavy atom. The molecule has 1 N–H and O–H groups in total. The largest absolute Gasteiger partial charge is 0.354 e. The molecule has 0 saturated carbocycles. The van der Waals surface area contributed by atoms with Gasteiger partial charge in [-0.25, -0.2) is 15.0 Å². The van der Waals surface area contributed by atoms with Crippen molar-refractivity contribution >= 4 is 21.8 Å². The highest BCUT2D eigenvalue weighted by Crippen LogP contribution is 2.30. The van der Waals surface area contributed by atoms with Crippen molar-refractivity contribution in [3.63, 3.8) is 0 Å². The number of H-pyrrole nitrogens is 1. The first kappa shape index (κ1) is 17.5. The number of para-hydroxylation sites is 1. The minimum Gasteiger partial charge on any atom is -0.354 e. The maximum Gasteiger partial charge on any atom is 0.164 e. The smallest absolute Gasteiger partial charge is 0.164 e. The van der Waals surface area contributed by atoms with Crippen LogP contribution in [-0.2, 0) is 0 Å². The fraction of sp³-hybridized carbons (Fsp3) is 0. The summed E-state index contributed by atoms with van der Waals surface area (Å²) in [5.74, 6) is 2.00. The zero-order chi connectivity index (χ0) is 20.6. The predicted octanol–water partition coefficient (Wildman–Crippen LogP) is 6.51. The SMILES string of the molecule is c1ccc(-c2nc(-c3ccccc3)nc(-c3ccc4c(c3)[nH]c3ccccc34)n2)cc1. The van der Waals surface area contributed by atoms with E-state index in [0.29, 0.717) is 17.5 Å². The zero-order valence-electron chi connectivity index (χ0n) is 16.7. The molecule has 4 nitrogen and oxygen atoms in total. The number of rotatable bonds is 3. The highest BCUT2D eigenvalue weighted by atomic mass is 15.0. The molecule has 0 bridgehead atoms. The number of nitrogens with one attached hydrogen (secondary N) is 1.